The van der Waals surface area contributed by atoms with E-state index in [2.05, 4.69) is 0 Å². The number of carboxylic acid groups (broad SMARTS) is 1. The molecule has 1 aliphatic carbocycles. The average molecular weight is 200 g/mol. The molecule has 0 aromatic carbocycles. The average Bonchev–Trinajstić information content (AvgIpc) is 2.17. The van der Waals surface area contributed by atoms with Gasteiger partial charge in [-0.05, 0) is 45.4 Å². The van der Waals surface area contributed by atoms with Gasteiger partial charge in [0.05, 0.1) is 11.5 Å². The monoisotopic (exact) mass is 200 g/mol. The Morgan fingerprint density at radius 1 is 1.29 bits per heavy atom. The molecule has 1 aliphatic rings. The molecule has 0 heterocycles. The van der Waals surface area contributed by atoms with E-state index in [9.17, 15) is 4.79 Å². The van der Waals surface area contributed by atoms with E-state index in [-0.39, 0.29) is 0 Å². The van der Waals surface area contributed by atoms with Gasteiger partial charge in [-0.2, -0.15) is 0 Å². The third-order valence-corrected chi connectivity index (χ3v) is 3.58. The molecule has 0 unspecified atom stereocenters. The fraction of sp³-hybridized carbons (Fsp3) is 0.909. The van der Waals surface area contributed by atoms with Gasteiger partial charge in [-0.3, -0.25) is 4.79 Å². The summed E-state index contributed by atoms with van der Waals surface area (Å²) in [4.78, 5) is 11.0. The molecule has 0 spiro atoms. The van der Waals surface area contributed by atoms with Crippen LogP contribution >= 0.6 is 0 Å². The van der Waals surface area contributed by atoms with Gasteiger partial charge in [-0.25, -0.2) is 0 Å². The molecule has 0 saturated heterocycles. The molecule has 0 radical (unpaired) electrons. The molecule has 82 valence electrons. The zero-order chi connectivity index (χ0) is 10.8. The first kappa shape index (κ1) is 11.5. The quantitative estimate of drug-likeness (QED) is 0.760. The van der Waals surface area contributed by atoms with Crippen LogP contribution in [-0.2, 0) is 9.53 Å². The Morgan fingerprint density at radius 3 is 2.14 bits per heavy atom. The molecule has 0 aliphatic heterocycles. The molecule has 0 atom stereocenters. The minimum Gasteiger partial charge on any atom is -0.481 e. The number of rotatable bonds is 3. The van der Waals surface area contributed by atoms with Gasteiger partial charge in [0.1, 0.15) is 0 Å². The third kappa shape index (κ3) is 2.27. The summed E-state index contributed by atoms with van der Waals surface area (Å²) in [5, 5.41) is 9.09. The molecular formula is C11H20O3. The lowest BCUT2D eigenvalue weighted by atomic mass is 9.70. The van der Waals surface area contributed by atoms with E-state index < -0.39 is 11.4 Å². The van der Waals surface area contributed by atoms with Gasteiger partial charge >= 0.3 is 5.97 Å². The first-order valence-corrected chi connectivity index (χ1v) is 5.24. The van der Waals surface area contributed by atoms with E-state index in [1.807, 2.05) is 13.8 Å². The number of methoxy groups -OCH3 is 1. The number of hydrogen-bond donors (Lipinski definition) is 1. The molecule has 1 saturated carbocycles. The van der Waals surface area contributed by atoms with Crippen LogP contribution in [0.5, 0.6) is 0 Å². The van der Waals surface area contributed by atoms with Crippen LogP contribution in [-0.4, -0.2) is 24.3 Å². The lowest BCUT2D eigenvalue weighted by Gasteiger charge is -2.35. The summed E-state index contributed by atoms with van der Waals surface area (Å²) >= 11 is 0. The Morgan fingerprint density at radius 2 is 1.79 bits per heavy atom. The molecule has 1 fully saturated rings. The summed E-state index contributed by atoms with van der Waals surface area (Å²) in [6, 6.07) is 0. The predicted octanol–water partition coefficient (Wildman–Crippen LogP) is 2.30. The van der Waals surface area contributed by atoms with Crippen molar-refractivity contribution in [3.05, 3.63) is 0 Å². The van der Waals surface area contributed by atoms with Crippen molar-refractivity contribution >= 4 is 5.97 Å². The summed E-state index contributed by atoms with van der Waals surface area (Å²) in [5.74, 6) is -0.384. The highest BCUT2D eigenvalue weighted by atomic mass is 16.5. The highest BCUT2D eigenvalue weighted by Crippen LogP contribution is 2.38. The first-order valence-electron chi connectivity index (χ1n) is 5.24. The van der Waals surface area contributed by atoms with Crippen molar-refractivity contribution in [1.82, 2.24) is 0 Å². The smallest absolute Gasteiger partial charge is 0.309 e. The Labute approximate surface area is 85.5 Å². The molecule has 0 aromatic rings. The highest BCUT2D eigenvalue weighted by molar-refractivity contribution is 5.74. The van der Waals surface area contributed by atoms with E-state index in [4.69, 9.17) is 9.84 Å². The van der Waals surface area contributed by atoms with Crippen LogP contribution in [0.1, 0.15) is 39.5 Å². The van der Waals surface area contributed by atoms with E-state index in [0.717, 1.165) is 25.7 Å². The summed E-state index contributed by atoms with van der Waals surface area (Å²) in [5.41, 5.74) is -0.585. The molecule has 0 aromatic heterocycles. The van der Waals surface area contributed by atoms with Crippen molar-refractivity contribution in [2.45, 2.75) is 45.6 Å². The summed E-state index contributed by atoms with van der Waals surface area (Å²) in [7, 11) is 1.73. The normalized spacial score (nSPS) is 28.8. The molecule has 0 amide bonds. The number of hydrogen-bond acceptors (Lipinski definition) is 2. The second-order valence-corrected chi connectivity index (χ2v) is 4.74. The van der Waals surface area contributed by atoms with Gasteiger partial charge in [0.25, 0.3) is 0 Å². The standard InChI is InChI=1S/C11H20O3/c1-11(2,10(12)13)8-4-6-9(14-3)7-5-8/h8-9H,4-7H2,1-3H3,(H,12,13)/t8-,9-. The molecular weight excluding hydrogens is 180 g/mol. The van der Waals surface area contributed by atoms with Gasteiger partial charge in [0.2, 0.25) is 0 Å². The van der Waals surface area contributed by atoms with Crippen LogP contribution in [0.3, 0.4) is 0 Å². The lowest BCUT2D eigenvalue weighted by Crippen LogP contribution is -2.36. The molecule has 14 heavy (non-hydrogen) atoms. The molecule has 3 heteroatoms. The third-order valence-electron chi connectivity index (χ3n) is 3.58. The summed E-state index contributed by atoms with van der Waals surface area (Å²) in [6.45, 7) is 3.65. The van der Waals surface area contributed by atoms with E-state index in [0.29, 0.717) is 12.0 Å². The maximum absolute atomic E-state index is 11.0. The zero-order valence-electron chi connectivity index (χ0n) is 9.25. The number of carbonyl (C=O) groups is 1. The highest BCUT2D eigenvalue weighted by Gasteiger charge is 2.38. The minimum absolute atomic E-state index is 0.298. The van der Waals surface area contributed by atoms with Crippen LogP contribution in [0.4, 0.5) is 0 Å². The van der Waals surface area contributed by atoms with Gasteiger partial charge in [0.15, 0.2) is 0 Å². The van der Waals surface area contributed by atoms with Crippen molar-refractivity contribution in [2.75, 3.05) is 7.11 Å². The van der Waals surface area contributed by atoms with Gasteiger partial charge in [0, 0.05) is 7.11 Å². The zero-order valence-corrected chi connectivity index (χ0v) is 9.25. The minimum atomic E-state index is -0.682. The lowest BCUT2D eigenvalue weighted by molar-refractivity contribution is -0.151. The van der Waals surface area contributed by atoms with Crippen molar-refractivity contribution in [3.8, 4) is 0 Å². The second-order valence-electron chi connectivity index (χ2n) is 4.74. The largest absolute Gasteiger partial charge is 0.481 e. The fourth-order valence-corrected chi connectivity index (χ4v) is 2.19. The maximum atomic E-state index is 11.0. The Hall–Kier alpha value is -0.570. The number of ether oxygens (including phenoxy) is 1. The van der Waals surface area contributed by atoms with Crippen LogP contribution in [0.2, 0.25) is 0 Å². The first-order chi connectivity index (χ1) is 6.48. The molecule has 1 rings (SSSR count). The van der Waals surface area contributed by atoms with E-state index in [1.54, 1.807) is 7.11 Å². The molecule has 0 bridgehead atoms. The topological polar surface area (TPSA) is 46.5 Å². The van der Waals surface area contributed by atoms with E-state index in [1.165, 1.54) is 0 Å². The summed E-state index contributed by atoms with van der Waals surface area (Å²) in [6.07, 6.45) is 4.28. The van der Waals surface area contributed by atoms with Crippen molar-refractivity contribution < 1.29 is 14.6 Å². The van der Waals surface area contributed by atoms with Crippen molar-refractivity contribution in [1.29, 1.82) is 0 Å². The summed E-state index contributed by atoms with van der Waals surface area (Å²) < 4.78 is 5.27. The Bertz CT molecular complexity index is 203. The van der Waals surface area contributed by atoms with Crippen LogP contribution in [0, 0.1) is 11.3 Å². The van der Waals surface area contributed by atoms with Gasteiger partial charge in [-0.1, -0.05) is 0 Å². The fourth-order valence-electron chi connectivity index (χ4n) is 2.19. The van der Waals surface area contributed by atoms with Gasteiger partial charge < -0.3 is 9.84 Å². The van der Waals surface area contributed by atoms with Crippen molar-refractivity contribution in [2.24, 2.45) is 11.3 Å². The van der Waals surface area contributed by atoms with Crippen LogP contribution in [0.15, 0.2) is 0 Å². The van der Waals surface area contributed by atoms with Gasteiger partial charge in [-0.15, -0.1) is 0 Å². The van der Waals surface area contributed by atoms with Crippen molar-refractivity contribution in [3.63, 3.8) is 0 Å². The Balaban J connectivity index is 2.53. The van der Waals surface area contributed by atoms with Crippen LogP contribution < -0.4 is 0 Å². The molecule has 1 N–H and O–H groups in total. The second kappa shape index (κ2) is 4.30. The van der Waals surface area contributed by atoms with E-state index >= 15 is 0 Å². The Kier molecular flexibility index (Phi) is 3.53. The number of carboxylic acids is 1. The molecule has 3 nitrogen and oxygen atoms in total. The van der Waals surface area contributed by atoms with Crippen LogP contribution in [0.25, 0.3) is 0 Å². The predicted molar refractivity (Wildman–Crippen MR) is 54.2 cm³/mol. The number of aliphatic carboxylic acids is 1. The SMILES string of the molecule is CO[C@H]1CC[C@H](C(C)(C)C(=O)O)CC1. The maximum Gasteiger partial charge on any atom is 0.309 e.